The number of piperidine rings is 1. The van der Waals surface area contributed by atoms with Gasteiger partial charge in [-0.05, 0) is 71.1 Å². The largest absolute Gasteiger partial charge is 0.352 e. The van der Waals surface area contributed by atoms with Gasteiger partial charge in [0.1, 0.15) is 0 Å². The van der Waals surface area contributed by atoms with Crippen LogP contribution < -0.4 is 5.32 Å². The van der Waals surface area contributed by atoms with Crippen molar-refractivity contribution in [2.24, 2.45) is 0 Å². The van der Waals surface area contributed by atoms with E-state index in [0.717, 1.165) is 42.8 Å². The molecule has 1 fully saturated rings. The third kappa shape index (κ3) is 5.66. The molecular formula is C24H32N4O2. The minimum Gasteiger partial charge on any atom is -0.352 e. The zero-order valence-corrected chi connectivity index (χ0v) is 18.2. The number of amides is 2. The second-order valence-corrected chi connectivity index (χ2v) is 8.23. The number of aryl methyl sites for hydroxylation is 1. The molecule has 1 saturated heterocycles. The van der Waals surface area contributed by atoms with Crippen molar-refractivity contribution < 1.29 is 9.59 Å². The maximum atomic E-state index is 12.8. The number of aromatic nitrogens is 1. The SMILES string of the molecule is Cc1ccc(C(=O)NCCCN(C)C)c(C2CCN(C(=O)c3ccccc3)CC2)n1. The zero-order valence-electron chi connectivity index (χ0n) is 18.2. The van der Waals surface area contributed by atoms with Gasteiger partial charge in [-0.25, -0.2) is 0 Å². The van der Waals surface area contributed by atoms with Gasteiger partial charge in [-0.1, -0.05) is 18.2 Å². The van der Waals surface area contributed by atoms with Gasteiger partial charge >= 0.3 is 0 Å². The fourth-order valence-electron chi connectivity index (χ4n) is 3.89. The second-order valence-electron chi connectivity index (χ2n) is 8.23. The highest BCUT2D eigenvalue weighted by Crippen LogP contribution is 2.30. The van der Waals surface area contributed by atoms with Crippen LogP contribution in [-0.4, -0.2) is 66.9 Å². The van der Waals surface area contributed by atoms with E-state index in [0.29, 0.717) is 25.2 Å². The molecule has 0 atom stereocenters. The Balaban J connectivity index is 1.64. The average Bonchev–Trinajstić information content (AvgIpc) is 2.76. The molecule has 0 spiro atoms. The molecule has 1 aromatic carbocycles. The summed E-state index contributed by atoms with van der Waals surface area (Å²) >= 11 is 0. The normalized spacial score (nSPS) is 14.7. The summed E-state index contributed by atoms with van der Waals surface area (Å²) < 4.78 is 0. The molecule has 1 aliphatic rings. The smallest absolute Gasteiger partial charge is 0.253 e. The fraction of sp³-hybridized carbons (Fsp3) is 0.458. The maximum absolute atomic E-state index is 12.8. The Morgan fingerprint density at radius 1 is 1.10 bits per heavy atom. The Kier molecular flexibility index (Phi) is 7.57. The van der Waals surface area contributed by atoms with Crippen LogP contribution in [0.15, 0.2) is 42.5 Å². The number of carbonyl (C=O) groups is 2. The molecule has 6 nitrogen and oxygen atoms in total. The predicted octanol–water partition coefficient (Wildman–Crippen LogP) is 3.09. The van der Waals surface area contributed by atoms with Crippen molar-refractivity contribution in [3.05, 3.63) is 65.0 Å². The summed E-state index contributed by atoms with van der Waals surface area (Å²) in [4.78, 5) is 34.2. The number of nitrogens with one attached hydrogen (secondary N) is 1. The quantitative estimate of drug-likeness (QED) is 0.715. The van der Waals surface area contributed by atoms with Gasteiger partial charge in [0.15, 0.2) is 0 Å². The highest BCUT2D eigenvalue weighted by molar-refractivity contribution is 5.95. The van der Waals surface area contributed by atoms with Gasteiger partial charge in [0, 0.05) is 36.8 Å². The van der Waals surface area contributed by atoms with Crippen LogP contribution >= 0.6 is 0 Å². The van der Waals surface area contributed by atoms with Gasteiger partial charge in [0.05, 0.1) is 11.3 Å². The van der Waals surface area contributed by atoms with Gasteiger partial charge in [0.2, 0.25) is 0 Å². The molecule has 2 aromatic rings. The lowest BCUT2D eigenvalue weighted by atomic mass is 9.89. The van der Waals surface area contributed by atoms with Crippen molar-refractivity contribution in [2.75, 3.05) is 40.3 Å². The molecule has 1 aliphatic heterocycles. The number of benzene rings is 1. The lowest BCUT2D eigenvalue weighted by Gasteiger charge is -2.32. The standard InChI is InChI=1S/C24H32N4O2/c1-18-10-11-21(23(29)25-14-7-15-27(2)3)22(26-18)19-12-16-28(17-13-19)24(30)20-8-5-4-6-9-20/h4-6,8-11,19H,7,12-17H2,1-3H3,(H,25,29). The molecule has 1 aromatic heterocycles. The summed E-state index contributed by atoms with van der Waals surface area (Å²) in [5, 5.41) is 3.03. The summed E-state index contributed by atoms with van der Waals surface area (Å²) in [6.45, 7) is 4.90. The summed E-state index contributed by atoms with van der Waals surface area (Å²) in [6, 6.07) is 13.2. The monoisotopic (exact) mass is 408 g/mol. The Bertz CT molecular complexity index is 859. The molecule has 0 saturated carbocycles. The van der Waals surface area contributed by atoms with Crippen LogP contribution in [0, 0.1) is 6.92 Å². The van der Waals surface area contributed by atoms with Crippen molar-refractivity contribution in [1.82, 2.24) is 20.1 Å². The van der Waals surface area contributed by atoms with E-state index in [1.165, 1.54) is 0 Å². The average molecular weight is 409 g/mol. The van der Waals surface area contributed by atoms with Crippen molar-refractivity contribution in [3.63, 3.8) is 0 Å². The molecule has 1 N–H and O–H groups in total. The first-order chi connectivity index (χ1) is 14.5. The van der Waals surface area contributed by atoms with Crippen molar-refractivity contribution in [1.29, 1.82) is 0 Å². The third-order valence-electron chi connectivity index (χ3n) is 5.57. The lowest BCUT2D eigenvalue weighted by Crippen LogP contribution is -2.38. The molecule has 30 heavy (non-hydrogen) atoms. The van der Waals surface area contributed by atoms with Crippen LogP contribution in [-0.2, 0) is 0 Å². The van der Waals surface area contributed by atoms with Crippen LogP contribution in [0.2, 0.25) is 0 Å². The first-order valence-electron chi connectivity index (χ1n) is 10.7. The molecule has 160 valence electrons. The maximum Gasteiger partial charge on any atom is 0.253 e. The Morgan fingerprint density at radius 2 is 1.80 bits per heavy atom. The van der Waals surface area contributed by atoms with E-state index >= 15 is 0 Å². The summed E-state index contributed by atoms with van der Waals surface area (Å²) in [5.41, 5.74) is 3.17. The highest BCUT2D eigenvalue weighted by Gasteiger charge is 2.28. The van der Waals surface area contributed by atoms with E-state index < -0.39 is 0 Å². The van der Waals surface area contributed by atoms with Crippen LogP contribution in [0.5, 0.6) is 0 Å². The Hall–Kier alpha value is -2.73. The number of nitrogens with zero attached hydrogens (tertiary/aromatic N) is 3. The van der Waals surface area contributed by atoms with Crippen molar-refractivity contribution in [3.8, 4) is 0 Å². The van der Waals surface area contributed by atoms with Gasteiger partial charge in [0.25, 0.3) is 11.8 Å². The topological polar surface area (TPSA) is 65.5 Å². The van der Waals surface area contributed by atoms with Crippen LogP contribution in [0.25, 0.3) is 0 Å². The second kappa shape index (κ2) is 10.3. The molecule has 3 rings (SSSR count). The van der Waals surface area contributed by atoms with E-state index in [1.54, 1.807) is 0 Å². The third-order valence-corrected chi connectivity index (χ3v) is 5.57. The molecule has 2 heterocycles. The molecular weight excluding hydrogens is 376 g/mol. The predicted molar refractivity (Wildman–Crippen MR) is 119 cm³/mol. The van der Waals surface area contributed by atoms with E-state index in [1.807, 2.05) is 68.4 Å². The Morgan fingerprint density at radius 3 is 2.47 bits per heavy atom. The van der Waals surface area contributed by atoms with Crippen LogP contribution in [0.4, 0.5) is 0 Å². The van der Waals surface area contributed by atoms with Gasteiger partial charge in [-0.2, -0.15) is 0 Å². The van der Waals surface area contributed by atoms with Crippen LogP contribution in [0.3, 0.4) is 0 Å². The number of rotatable bonds is 7. The molecule has 0 radical (unpaired) electrons. The fourth-order valence-corrected chi connectivity index (χ4v) is 3.89. The van der Waals surface area contributed by atoms with Crippen molar-refractivity contribution >= 4 is 11.8 Å². The van der Waals surface area contributed by atoms with Gasteiger partial charge in [-0.3, -0.25) is 14.6 Å². The molecule has 0 aliphatic carbocycles. The number of hydrogen-bond donors (Lipinski definition) is 1. The van der Waals surface area contributed by atoms with E-state index in [9.17, 15) is 9.59 Å². The van der Waals surface area contributed by atoms with Crippen LogP contribution in [0.1, 0.15) is 57.3 Å². The van der Waals surface area contributed by atoms with E-state index in [2.05, 4.69) is 10.2 Å². The van der Waals surface area contributed by atoms with Gasteiger partial charge in [-0.15, -0.1) is 0 Å². The summed E-state index contributed by atoms with van der Waals surface area (Å²) in [6.07, 6.45) is 2.54. The highest BCUT2D eigenvalue weighted by atomic mass is 16.2. The van der Waals surface area contributed by atoms with Gasteiger partial charge < -0.3 is 15.1 Å². The molecule has 2 amide bonds. The molecule has 0 bridgehead atoms. The first kappa shape index (κ1) is 22.0. The zero-order chi connectivity index (χ0) is 21.5. The van der Waals surface area contributed by atoms with Crippen molar-refractivity contribution in [2.45, 2.75) is 32.1 Å². The first-order valence-corrected chi connectivity index (χ1v) is 10.7. The number of hydrogen-bond acceptors (Lipinski definition) is 4. The number of carbonyl (C=O) groups excluding carboxylic acids is 2. The molecule has 6 heteroatoms. The van der Waals surface area contributed by atoms with E-state index in [4.69, 9.17) is 4.98 Å². The summed E-state index contributed by atoms with van der Waals surface area (Å²) in [7, 11) is 4.05. The lowest BCUT2D eigenvalue weighted by molar-refractivity contribution is 0.0710. The summed E-state index contributed by atoms with van der Waals surface area (Å²) in [5.74, 6) is 0.205. The van der Waals surface area contributed by atoms with E-state index in [-0.39, 0.29) is 17.7 Å². The number of pyridine rings is 1. The minimum atomic E-state index is -0.0564. The number of likely N-dealkylation sites (tertiary alicyclic amines) is 1. The minimum absolute atomic E-state index is 0.0564. The molecule has 0 unspecified atom stereocenters. The Labute approximate surface area is 179 Å².